The monoisotopic (exact) mass is 400 g/mol. The van der Waals surface area contributed by atoms with Crippen LogP contribution in [0.1, 0.15) is 60.9 Å². The van der Waals surface area contributed by atoms with Crippen molar-refractivity contribution in [3.63, 3.8) is 0 Å². The number of amides is 1. The van der Waals surface area contributed by atoms with Crippen molar-refractivity contribution in [1.29, 1.82) is 0 Å². The lowest BCUT2D eigenvalue weighted by Crippen LogP contribution is -2.43. The molecule has 0 unspecified atom stereocenters. The predicted octanol–water partition coefficient (Wildman–Crippen LogP) is 3.20. The van der Waals surface area contributed by atoms with Crippen LogP contribution >= 0.6 is 0 Å². The van der Waals surface area contributed by atoms with Gasteiger partial charge < -0.3 is 19.3 Å². The largest absolute Gasteiger partial charge is 0.497 e. The Hall–Kier alpha value is -2.08. The number of ether oxygens (including phenoxy) is 2. The average molecular weight is 401 g/mol. The number of piperidine rings is 1. The second-order valence-electron chi connectivity index (χ2n) is 8.73. The van der Waals surface area contributed by atoms with Gasteiger partial charge in [0.1, 0.15) is 11.4 Å². The molecular weight excluding hydrogens is 368 g/mol. The fraction of sp³-hybridized carbons (Fsp3) is 0.652. The lowest BCUT2D eigenvalue weighted by Gasteiger charge is -2.37. The highest BCUT2D eigenvalue weighted by atomic mass is 16.6. The second-order valence-corrected chi connectivity index (χ2v) is 8.73. The molecule has 1 aliphatic carbocycles. The molecule has 2 heterocycles. The average Bonchev–Trinajstić information content (AvgIpc) is 3.03. The van der Waals surface area contributed by atoms with Gasteiger partial charge in [-0.15, -0.1) is 0 Å². The van der Waals surface area contributed by atoms with Gasteiger partial charge in [0.15, 0.2) is 0 Å². The van der Waals surface area contributed by atoms with Crippen LogP contribution in [0.15, 0.2) is 18.2 Å². The lowest BCUT2D eigenvalue weighted by atomic mass is 9.74. The predicted molar refractivity (Wildman–Crippen MR) is 110 cm³/mol. The van der Waals surface area contributed by atoms with Crippen molar-refractivity contribution in [1.82, 2.24) is 9.80 Å². The minimum Gasteiger partial charge on any atom is -0.497 e. The van der Waals surface area contributed by atoms with E-state index in [1.807, 2.05) is 18.0 Å². The third kappa shape index (κ3) is 4.00. The molecule has 0 aromatic heterocycles. The minimum atomic E-state index is -0.593. The van der Waals surface area contributed by atoms with Crippen molar-refractivity contribution in [2.45, 2.75) is 50.5 Å². The Balaban J connectivity index is 1.36. The maximum absolute atomic E-state index is 13.0. The Morgan fingerprint density at radius 3 is 2.66 bits per heavy atom. The minimum absolute atomic E-state index is 0.0142. The normalized spacial score (nSPS) is 26.8. The van der Waals surface area contributed by atoms with E-state index in [1.165, 1.54) is 19.3 Å². The van der Waals surface area contributed by atoms with E-state index < -0.39 is 5.60 Å². The molecule has 0 N–H and O–H groups in total. The first-order valence-corrected chi connectivity index (χ1v) is 10.9. The van der Waals surface area contributed by atoms with E-state index in [0.29, 0.717) is 18.4 Å². The molecule has 0 bridgehead atoms. The van der Waals surface area contributed by atoms with Crippen molar-refractivity contribution < 1.29 is 19.1 Å². The third-order valence-corrected chi connectivity index (χ3v) is 6.94. The molecule has 29 heavy (non-hydrogen) atoms. The van der Waals surface area contributed by atoms with E-state index in [-0.39, 0.29) is 17.8 Å². The van der Waals surface area contributed by atoms with Gasteiger partial charge >= 0.3 is 5.97 Å². The summed E-state index contributed by atoms with van der Waals surface area (Å²) in [6.45, 7) is 4.06. The molecule has 6 heteroatoms. The number of carbonyl (C=O) groups excluding carboxylic acids is 2. The summed E-state index contributed by atoms with van der Waals surface area (Å²) < 4.78 is 11.2. The van der Waals surface area contributed by atoms with Crippen molar-refractivity contribution >= 4 is 11.9 Å². The van der Waals surface area contributed by atoms with Crippen molar-refractivity contribution in [2.75, 3.05) is 40.3 Å². The molecule has 1 spiro atoms. The smallest absolute Gasteiger partial charge is 0.339 e. The van der Waals surface area contributed by atoms with E-state index >= 15 is 0 Å². The number of esters is 1. The fourth-order valence-corrected chi connectivity index (χ4v) is 5.09. The van der Waals surface area contributed by atoms with Gasteiger partial charge in [0.2, 0.25) is 5.91 Å². The van der Waals surface area contributed by atoms with Crippen molar-refractivity contribution in [2.24, 2.45) is 5.92 Å². The number of benzene rings is 1. The van der Waals surface area contributed by atoms with Crippen LogP contribution in [0.3, 0.4) is 0 Å². The highest BCUT2D eigenvalue weighted by molar-refractivity contribution is 5.95. The number of fused-ring (bicyclic) bond motifs is 2. The zero-order valence-corrected chi connectivity index (χ0v) is 17.6. The number of nitrogens with zero attached hydrogens (tertiary/aromatic N) is 2. The summed E-state index contributed by atoms with van der Waals surface area (Å²) in [6.07, 6.45) is 6.74. The molecule has 2 aliphatic heterocycles. The molecule has 1 amide bonds. The molecule has 0 radical (unpaired) electrons. The maximum atomic E-state index is 13.0. The molecule has 1 aromatic carbocycles. The molecule has 158 valence electrons. The number of methoxy groups -OCH3 is 1. The Labute approximate surface area is 173 Å². The van der Waals surface area contributed by atoms with Crippen LogP contribution in [0.5, 0.6) is 5.75 Å². The van der Waals surface area contributed by atoms with Gasteiger partial charge in [-0.2, -0.15) is 0 Å². The van der Waals surface area contributed by atoms with Gasteiger partial charge in [-0.25, -0.2) is 4.79 Å². The summed E-state index contributed by atoms with van der Waals surface area (Å²) in [4.78, 5) is 29.7. The van der Waals surface area contributed by atoms with Crippen LogP contribution in [-0.2, 0) is 15.1 Å². The molecule has 0 atom stereocenters. The lowest BCUT2D eigenvalue weighted by molar-refractivity contribution is -0.137. The number of hydrogen-bond donors (Lipinski definition) is 0. The van der Waals surface area contributed by atoms with Crippen LogP contribution in [0.25, 0.3) is 0 Å². The SMILES string of the molecule is COc1ccc2c(c1)C1(CCC(C(=O)N(C)CCN3CCCCC3)CC1)OC2=O. The van der Waals surface area contributed by atoms with E-state index in [9.17, 15) is 9.59 Å². The first-order chi connectivity index (χ1) is 14.0. The second kappa shape index (κ2) is 8.34. The molecule has 1 saturated heterocycles. The van der Waals surface area contributed by atoms with Gasteiger partial charge in [-0.05, 0) is 69.8 Å². The molecule has 1 aromatic rings. The van der Waals surface area contributed by atoms with Crippen LogP contribution in [0.4, 0.5) is 0 Å². The quantitative estimate of drug-likeness (QED) is 0.711. The molecular formula is C23H32N2O4. The molecule has 1 saturated carbocycles. The van der Waals surface area contributed by atoms with Crippen molar-refractivity contribution in [3.8, 4) is 5.75 Å². The van der Waals surface area contributed by atoms with Crippen LogP contribution < -0.4 is 4.74 Å². The van der Waals surface area contributed by atoms with Crippen molar-refractivity contribution in [3.05, 3.63) is 29.3 Å². The van der Waals surface area contributed by atoms with Gasteiger partial charge in [0.05, 0.1) is 12.7 Å². The third-order valence-electron chi connectivity index (χ3n) is 6.94. The zero-order chi connectivity index (χ0) is 20.4. The number of carbonyl (C=O) groups is 2. The summed E-state index contributed by atoms with van der Waals surface area (Å²) in [5, 5.41) is 0. The maximum Gasteiger partial charge on any atom is 0.339 e. The standard InChI is InChI=1S/C23H32N2O4/c1-24(14-15-25-12-4-3-5-13-25)21(26)17-8-10-23(11-9-17)20-16-18(28-2)6-7-19(20)22(27)29-23/h6-7,16-17H,3-5,8-15H2,1-2H3. The first-order valence-electron chi connectivity index (χ1n) is 10.9. The summed E-state index contributed by atoms with van der Waals surface area (Å²) in [5.41, 5.74) is 0.963. The Bertz CT molecular complexity index is 764. The summed E-state index contributed by atoms with van der Waals surface area (Å²) >= 11 is 0. The highest BCUT2D eigenvalue weighted by Crippen LogP contribution is 2.49. The van der Waals surface area contributed by atoms with Crippen LogP contribution in [0, 0.1) is 5.92 Å². The molecule has 2 fully saturated rings. The number of likely N-dealkylation sites (tertiary alicyclic amines) is 1. The number of hydrogen-bond acceptors (Lipinski definition) is 5. The topological polar surface area (TPSA) is 59.1 Å². The molecule has 3 aliphatic rings. The fourth-order valence-electron chi connectivity index (χ4n) is 5.09. The Morgan fingerprint density at radius 1 is 1.24 bits per heavy atom. The Morgan fingerprint density at radius 2 is 1.97 bits per heavy atom. The van der Waals surface area contributed by atoms with Crippen LogP contribution in [0.2, 0.25) is 0 Å². The highest BCUT2D eigenvalue weighted by Gasteiger charge is 2.48. The summed E-state index contributed by atoms with van der Waals surface area (Å²) in [6, 6.07) is 5.51. The summed E-state index contributed by atoms with van der Waals surface area (Å²) in [7, 11) is 3.55. The number of likely N-dealkylation sites (N-methyl/N-ethyl adjacent to an activating group) is 1. The Kier molecular flexibility index (Phi) is 5.81. The van der Waals surface area contributed by atoms with Gasteiger partial charge in [-0.3, -0.25) is 4.79 Å². The van der Waals surface area contributed by atoms with Gasteiger partial charge in [-0.1, -0.05) is 6.42 Å². The molecule has 4 rings (SSSR count). The van der Waals surface area contributed by atoms with Gasteiger partial charge in [0.25, 0.3) is 0 Å². The van der Waals surface area contributed by atoms with E-state index in [4.69, 9.17) is 9.47 Å². The van der Waals surface area contributed by atoms with Crippen LogP contribution in [-0.4, -0.2) is 62.0 Å². The van der Waals surface area contributed by atoms with Gasteiger partial charge in [0, 0.05) is 31.6 Å². The van der Waals surface area contributed by atoms with E-state index in [0.717, 1.165) is 50.3 Å². The van der Waals surface area contributed by atoms with E-state index in [1.54, 1.807) is 19.2 Å². The zero-order valence-electron chi connectivity index (χ0n) is 17.6. The molecule has 6 nitrogen and oxygen atoms in total. The first kappa shape index (κ1) is 20.2. The summed E-state index contributed by atoms with van der Waals surface area (Å²) in [5.74, 6) is 0.718. The van der Waals surface area contributed by atoms with E-state index in [2.05, 4.69) is 4.90 Å². The number of rotatable bonds is 5.